The standard InChI is InChI=1S/C6H12Cl3NO/c7-1-4-10(5-2-8)11-6-3-9/h1-6H2. The molecule has 0 atom stereocenters. The molecule has 5 heteroatoms. The van der Waals surface area contributed by atoms with Gasteiger partial charge in [-0.05, 0) is 0 Å². The highest BCUT2D eigenvalue weighted by molar-refractivity contribution is 6.18. The van der Waals surface area contributed by atoms with E-state index in [2.05, 4.69) is 0 Å². The minimum atomic E-state index is 0.487. The molecule has 11 heavy (non-hydrogen) atoms. The number of nitrogens with zero attached hydrogens (tertiary/aromatic N) is 1. The van der Waals surface area contributed by atoms with Gasteiger partial charge >= 0.3 is 0 Å². The summed E-state index contributed by atoms with van der Waals surface area (Å²) in [5.74, 6) is 1.57. The third-order valence-corrected chi connectivity index (χ3v) is 1.51. The van der Waals surface area contributed by atoms with E-state index >= 15 is 0 Å². The highest BCUT2D eigenvalue weighted by Gasteiger charge is 2.01. The molecule has 0 bridgehead atoms. The fourth-order valence-corrected chi connectivity index (χ4v) is 1.04. The van der Waals surface area contributed by atoms with E-state index in [0.717, 1.165) is 0 Å². The van der Waals surface area contributed by atoms with E-state index in [1.165, 1.54) is 0 Å². The molecule has 0 aromatic heterocycles. The Kier molecular flexibility index (Phi) is 9.52. The van der Waals surface area contributed by atoms with Crippen LogP contribution in [-0.2, 0) is 4.84 Å². The lowest BCUT2D eigenvalue weighted by atomic mass is 10.6. The van der Waals surface area contributed by atoms with Gasteiger partial charge in [-0.25, -0.2) is 0 Å². The van der Waals surface area contributed by atoms with Gasteiger partial charge in [0, 0.05) is 30.7 Å². The number of hydrogen-bond acceptors (Lipinski definition) is 2. The fraction of sp³-hybridized carbons (Fsp3) is 1.00. The maximum Gasteiger partial charge on any atom is 0.0820 e. The van der Waals surface area contributed by atoms with Crippen LogP contribution in [0.2, 0.25) is 0 Å². The van der Waals surface area contributed by atoms with E-state index in [1.807, 2.05) is 0 Å². The van der Waals surface area contributed by atoms with Crippen LogP contribution in [-0.4, -0.2) is 42.4 Å². The maximum atomic E-state index is 5.51. The predicted molar refractivity (Wildman–Crippen MR) is 49.7 cm³/mol. The summed E-state index contributed by atoms with van der Waals surface area (Å²) in [6.45, 7) is 1.88. The van der Waals surface area contributed by atoms with Crippen molar-refractivity contribution in [1.82, 2.24) is 5.06 Å². The van der Waals surface area contributed by atoms with Crippen molar-refractivity contribution in [2.45, 2.75) is 0 Å². The second-order valence-corrected chi connectivity index (χ2v) is 2.96. The lowest BCUT2D eigenvalue weighted by Gasteiger charge is -2.18. The third-order valence-electron chi connectivity index (χ3n) is 1.02. The average molecular weight is 221 g/mol. The molecule has 2 nitrogen and oxygen atoms in total. The van der Waals surface area contributed by atoms with Crippen molar-refractivity contribution in [1.29, 1.82) is 0 Å². The molecule has 0 unspecified atom stereocenters. The summed E-state index contributed by atoms with van der Waals surface area (Å²) in [6.07, 6.45) is 0. The average Bonchev–Trinajstić information content (AvgIpc) is 2.01. The van der Waals surface area contributed by atoms with Gasteiger partial charge in [0.1, 0.15) is 0 Å². The minimum Gasteiger partial charge on any atom is -0.298 e. The van der Waals surface area contributed by atoms with Crippen LogP contribution in [0.3, 0.4) is 0 Å². The van der Waals surface area contributed by atoms with Crippen LogP contribution in [0.15, 0.2) is 0 Å². The zero-order chi connectivity index (χ0) is 8.53. The molecule has 0 spiro atoms. The topological polar surface area (TPSA) is 12.5 Å². The van der Waals surface area contributed by atoms with E-state index < -0.39 is 0 Å². The normalized spacial score (nSPS) is 10.9. The Morgan fingerprint density at radius 2 is 1.45 bits per heavy atom. The van der Waals surface area contributed by atoms with Gasteiger partial charge in [0.05, 0.1) is 6.61 Å². The van der Waals surface area contributed by atoms with E-state index in [1.54, 1.807) is 5.06 Å². The van der Waals surface area contributed by atoms with Crippen molar-refractivity contribution in [2.24, 2.45) is 0 Å². The Hall–Kier alpha value is 0.790. The summed E-state index contributed by atoms with van der Waals surface area (Å²) in [5, 5.41) is 1.72. The highest BCUT2D eigenvalue weighted by atomic mass is 35.5. The fourth-order valence-electron chi connectivity index (χ4n) is 0.593. The smallest absolute Gasteiger partial charge is 0.0820 e. The van der Waals surface area contributed by atoms with Gasteiger partial charge < -0.3 is 0 Å². The van der Waals surface area contributed by atoms with Crippen LogP contribution in [0, 0.1) is 0 Å². The number of rotatable bonds is 7. The maximum absolute atomic E-state index is 5.51. The minimum absolute atomic E-state index is 0.487. The Morgan fingerprint density at radius 3 is 1.82 bits per heavy atom. The zero-order valence-corrected chi connectivity index (χ0v) is 8.50. The molecule has 0 aromatic rings. The molecule has 0 heterocycles. The first kappa shape index (κ1) is 11.8. The van der Waals surface area contributed by atoms with Crippen LogP contribution >= 0.6 is 34.8 Å². The first-order valence-electron chi connectivity index (χ1n) is 3.41. The molecule has 0 aromatic carbocycles. The Labute approximate surface area is 82.3 Å². The van der Waals surface area contributed by atoms with E-state index in [-0.39, 0.29) is 0 Å². The summed E-state index contributed by atoms with van der Waals surface area (Å²) in [4.78, 5) is 5.20. The molecule has 0 radical (unpaired) electrons. The molecule has 0 fully saturated rings. The number of hydrogen-bond donors (Lipinski definition) is 0. The lowest BCUT2D eigenvalue weighted by molar-refractivity contribution is -0.145. The van der Waals surface area contributed by atoms with Gasteiger partial charge in [-0.1, -0.05) is 0 Å². The van der Waals surface area contributed by atoms with Gasteiger partial charge in [0.2, 0.25) is 0 Å². The molecule has 68 valence electrons. The van der Waals surface area contributed by atoms with Gasteiger partial charge in [-0.15, -0.1) is 34.8 Å². The first-order chi connectivity index (χ1) is 5.35. The Morgan fingerprint density at radius 1 is 0.909 bits per heavy atom. The van der Waals surface area contributed by atoms with Gasteiger partial charge in [0.15, 0.2) is 0 Å². The van der Waals surface area contributed by atoms with Crippen molar-refractivity contribution in [3.05, 3.63) is 0 Å². The molecule has 0 saturated carbocycles. The van der Waals surface area contributed by atoms with E-state index in [0.29, 0.717) is 37.3 Å². The summed E-state index contributed by atoms with van der Waals surface area (Å²) in [7, 11) is 0. The summed E-state index contributed by atoms with van der Waals surface area (Å²) < 4.78 is 0. The van der Waals surface area contributed by atoms with Crippen LogP contribution in [0.4, 0.5) is 0 Å². The molecule has 0 N–H and O–H groups in total. The Bertz CT molecular complexity index is 78.2. The molecule has 0 aliphatic carbocycles. The first-order valence-corrected chi connectivity index (χ1v) is 5.01. The van der Waals surface area contributed by atoms with Crippen molar-refractivity contribution in [3.63, 3.8) is 0 Å². The number of hydroxylamine groups is 2. The molecule has 0 rings (SSSR count). The van der Waals surface area contributed by atoms with Crippen molar-refractivity contribution >= 4 is 34.8 Å². The van der Waals surface area contributed by atoms with Crippen LogP contribution < -0.4 is 0 Å². The second-order valence-electron chi connectivity index (χ2n) is 1.83. The van der Waals surface area contributed by atoms with Crippen LogP contribution in [0.25, 0.3) is 0 Å². The number of alkyl halides is 3. The van der Waals surface area contributed by atoms with Gasteiger partial charge in [-0.3, -0.25) is 4.84 Å². The molecular formula is C6H12Cl3NO. The lowest BCUT2D eigenvalue weighted by Crippen LogP contribution is -2.28. The van der Waals surface area contributed by atoms with Gasteiger partial charge in [0.25, 0.3) is 0 Å². The van der Waals surface area contributed by atoms with Crippen molar-refractivity contribution in [3.8, 4) is 0 Å². The molecule has 0 aliphatic heterocycles. The van der Waals surface area contributed by atoms with Crippen molar-refractivity contribution in [2.75, 3.05) is 37.3 Å². The largest absolute Gasteiger partial charge is 0.298 e. The molecular weight excluding hydrogens is 208 g/mol. The van der Waals surface area contributed by atoms with E-state index in [4.69, 9.17) is 39.6 Å². The predicted octanol–water partition coefficient (Wildman–Crippen LogP) is 1.94. The molecule has 0 aliphatic rings. The molecule has 0 amide bonds. The number of halogens is 3. The van der Waals surface area contributed by atoms with Crippen LogP contribution in [0.1, 0.15) is 0 Å². The monoisotopic (exact) mass is 219 g/mol. The quantitative estimate of drug-likeness (QED) is 0.480. The van der Waals surface area contributed by atoms with Crippen molar-refractivity contribution < 1.29 is 4.84 Å². The van der Waals surface area contributed by atoms with E-state index in [9.17, 15) is 0 Å². The summed E-state index contributed by atoms with van der Waals surface area (Å²) >= 11 is 16.5. The highest BCUT2D eigenvalue weighted by Crippen LogP contribution is 1.93. The SMILES string of the molecule is ClCCON(CCCl)CCCl. The summed E-state index contributed by atoms with van der Waals surface area (Å²) in [5.41, 5.74) is 0. The zero-order valence-electron chi connectivity index (χ0n) is 6.23. The Balaban J connectivity index is 3.34. The third kappa shape index (κ3) is 7.16. The van der Waals surface area contributed by atoms with Crippen LogP contribution in [0.5, 0.6) is 0 Å². The second kappa shape index (κ2) is 8.88. The summed E-state index contributed by atoms with van der Waals surface area (Å²) in [6, 6.07) is 0. The van der Waals surface area contributed by atoms with Gasteiger partial charge in [-0.2, -0.15) is 5.06 Å². The molecule has 0 saturated heterocycles.